The number of fused-ring (bicyclic) bond motifs is 1. The van der Waals surface area contributed by atoms with E-state index >= 15 is 0 Å². The van der Waals surface area contributed by atoms with Gasteiger partial charge in [0.05, 0.1) is 7.11 Å². The van der Waals surface area contributed by atoms with Gasteiger partial charge in [0.2, 0.25) is 0 Å². The number of benzene rings is 1. The average molecular weight is 300 g/mol. The molecule has 0 atom stereocenters. The zero-order valence-corrected chi connectivity index (χ0v) is 13.0. The average Bonchev–Trinajstić information content (AvgIpc) is 2.98. The molecule has 0 aliphatic carbocycles. The van der Waals surface area contributed by atoms with Gasteiger partial charge in [0.15, 0.2) is 5.78 Å². The first-order valence-corrected chi connectivity index (χ1v) is 7.62. The Morgan fingerprint density at radius 2 is 2.10 bits per heavy atom. The van der Waals surface area contributed by atoms with Crippen LogP contribution in [0, 0.1) is 0 Å². The summed E-state index contributed by atoms with van der Waals surface area (Å²) in [6, 6.07) is 7.39. The van der Waals surface area contributed by atoms with Gasteiger partial charge in [-0.15, -0.1) is 0 Å². The van der Waals surface area contributed by atoms with Crippen LogP contribution in [0.4, 0.5) is 0 Å². The van der Waals surface area contributed by atoms with Gasteiger partial charge in [-0.1, -0.05) is 0 Å². The van der Waals surface area contributed by atoms with Crippen molar-refractivity contribution >= 4 is 22.7 Å². The van der Waals surface area contributed by atoms with Gasteiger partial charge in [0.25, 0.3) is 0 Å². The van der Waals surface area contributed by atoms with Crippen LogP contribution in [0.1, 0.15) is 29.8 Å². The Bertz CT molecular complexity index is 712. The smallest absolute Gasteiger partial charge is 0.194 e. The van der Waals surface area contributed by atoms with Gasteiger partial charge >= 0.3 is 0 Å². The quantitative estimate of drug-likeness (QED) is 0.797. The van der Waals surface area contributed by atoms with E-state index in [1.807, 2.05) is 54.9 Å². The van der Waals surface area contributed by atoms with E-state index in [-0.39, 0.29) is 5.78 Å². The molecule has 0 spiro atoms. The van der Waals surface area contributed by atoms with Gasteiger partial charge in [-0.3, -0.25) is 4.79 Å². The van der Waals surface area contributed by atoms with Gasteiger partial charge in [0.1, 0.15) is 17.1 Å². The van der Waals surface area contributed by atoms with Crippen molar-refractivity contribution in [2.45, 2.75) is 19.4 Å². The van der Waals surface area contributed by atoms with Crippen molar-refractivity contribution in [1.29, 1.82) is 0 Å². The lowest BCUT2D eigenvalue weighted by atomic mass is 9.90. The van der Waals surface area contributed by atoms with Crippen molar-refractivity contribution in [1.82, 2.24) is 0 Å². The standard InChI is InChI=1S/C17H16O3S/c1-17(2)9-14(16(18)11-6-7-21-10-11)13-5-4-12(19-3)8-15(13)20-17/h4-10H,1-3H3. The Hall–Kier alpha value is -2.07. The van der Waals surface area contributed by atoms with E-state index < -0.39 is 5.60 Å². The predicted molar refractivity (Wildman–Crippen MR) is 84.3 cm³/mol. The van der Waals surface area contributed by atoms with E-state index in [1.54, 1.807) is 7.11 Å². The van der Waals surface area contributed by atoms with E-state index in [0.29, 0.717) is 22.6 Å². The number of ether oxygens (including phenoxy) is 2. The first kappa shape index (κ1) is 13.9. The largest absolute Gasteiger partial charge is 0.497 e. The molecule has 0 amide bonds. The van der Waals surface area contributed by atoms with Crippen LogP contribution in [-0.2, 0) is 0 Å². The van der Waals surface area contributed by atoms with Crippen LogP contribution in [0.25, 0.3) is 5.57 Å². The maximum Gasteiger partial charge on any atom is 0.194 e. The minimum absolute atomic E-state index is 0.0269. The number of methoxy groups -OCH3 is 1. The van der Waals surface area contributed by atoms with Gasteiger partial charge in [-0.2, -0.15) is 11.3 Å². The third-order valence-electron chi connectivity index (χ3n) is 3.37. The van der Waals surface area contributed by atoms with Crippen molar-refractivity contribution in [3.05, 3.63) is 52.2 Å². The van der Waals surface area contributed by atoms with Crippen LogP contribution in [-0.4, -0.2) is 18.5 Å². The second-order valence-electron chi connectivity index (χ2n) is 5.47. The summed E-state index contributed by atoms with van der Waals surface area (Å²) in [6.07, 6.45) is 1.89. The number of ketones is 1. The highest BCUT2D eigenvalue weighted by atomic mass is 32.1. The molecule has 0 saturated carbocycles. The number of hydrogen-bond donors (Lipinski definition) is 0. The van der Waals surface area contributed by atoms with Crippen LogP contribution >= 0.6 is 11.3 Å². The Morgan fingerprint density at radius 1 is 1.29 bits per heavy atom. The highest BCUT2D eigenvalue weighted by Gasteiger charge is 2.30. The summed E-state index contributed by atoms with van der Waals surface area (Å²) in [7, 11) is 1.61. The lowest BCUT2D eigenvalue weighted by Crippen LogP contribution is -2.30. The first-order valence-electron chi connectivity index (χ1n) is 6.67. The molecule has 0 bridgehead atoms. The summed E-state index contributed by atoms with van der Waals surface area (Å²) in [5.41, 5.74) is 1.68. The van der Waals surface area contributed by atoms with Crippen molar-refractivity contribution in [2.24, 2.45) is 0 Å². The first-order chi connectivity index (χ1) is 10.00. The fourth-order valence-corrected chi connectivity index (χ4v) is 3.05. The zero-order valence-electron chi connectivity index (χ0n) is 12.2. The number of hydrogen-bond acceptors (Lipinski definition) is 4. The summed E-state index contributed by atoms with van der Waals surface area (Å²) in [5, 5.41) is 3.78. The third kappa shape index (κ3) is 2.59. The van der Waals surface area contributed by atoms with Gasteiger partial charge < -0.3 is 9.47 Å². The number of rotatable bonds is 3. The summed E-state index contributed by atoms with van der Waals surface area (Å²) in [4.78, 5) is 12.7. The summed E-state index contributed by atoms with van der Waals surface area (Å²) in [5.74, 6) is 1.42. The molecule has 3 nitrogen and oxygen atoms in total. The lowest BCUT2D eigenvalue weighted by Gasteiger charge is -2.30. The Kier molecular flexibility index (Phi) is 3.33. The Morgan fingerprint density at radius 3 is 2.76 bits per heavy atom. The molecule has 0 saturated heterocycles. The summed E-state index contributed by atoms with van der Waals surface area (Å²) >= 11 is 1.52. The number of carbonyl (C=O) groups is 1. The van der Waals surface area contributed by atoms with E-state index in [2.05, 4.69) is 0 Å². The molecule has 0 N–H and O–H groups in total. The Labute approximate surface area is 127 Å². The van der Waals surface area contributed by atoms with Crippen molar-refractivity contribution < 1.29 is 14.3 Å². The molecule has 1 aliphatic rings. The Balaban J connectivity index is 2.11. The van der Waals surface area contributed by atoms with Crippen LogP contribution in [0.15, 0.2) is 41.1 Å². The number of carbonyl (C=O) groups excluding carboxylic acids is 1. The predicted octanol–water partition coefficient (Wildman–Crippen LogP) is 4.19. The van der Waals surface area contributed by atoms with Gasteiger partial charge in [-0.05, 0) is 43.5 Å². The van der Waals surface area contributed by atoms with Gasteiger partial charge in [0, 0.05) is 28.1 Å². The molecule has 21 heavy (non-hydrogen) atoms. The molecule has 1 aromatic heterocycles. The molecule has 2 heterocycles. The molecule has 1 aromatic carbocycles. The number of thiophene rings is 1. The highest BCUT2D eigenvalue weighted by Crippen LogP contribution is 2.39. The van der Waals surface area contributed by atoms with E-state index in [4.69, 9.17) is 9.47 Å². The minimum atomic E-state index is -0.527. The molecule has 4 heteroatoms. The van der Waals surface area contributed by atoms with Crippen LogP contribution < -0.4 is 9.47 Å². The number of allylic oxidation sites excluding steroid dienone is 1. The molecule has 1 aliphatic heterocycles. The molecule has 0 fully saturated rings. The topological polar surface area (TPSA) is 35.5 Å². The van der Waals surface area contributed by atoms with Crippen molar-refractivity contribution in [3.8, 4) is 11.5 Å². The molecule has 2 aromatic rings. The number of Topliss-reactive ketones (excluding diaryl/α,β-unsaturated/α-hetero) is 1. The maximum atomic E-state index is 12.7. The summed E-state index contributed by atoms with van der Waals surface area (Å²) < 4.78 is 11.2. The molecule has 0 unspecified atom stereocenters. The minimum Gasteiger partial charge on any atom is -0.497 e. The lowest BCUT2D eigenvalue weighted by molar-refractivity contribution is 0.104. The molecule has 108 valence electrons. The zero-order chi connectivity index (χ0) is 15.0. The van der Waals surface area contributed by atoms with Crippen molar-refractivity contribution in [2.75, 3.05) is 7.11 Å². The van der Waals surface area contributed by atoms with E-state index in [0.717, 1.165) is 5.56 Å². The highest BCUT2D eigenvalue weighted by molar-refractivity contribution is 7.08. The maximum absolute atomic E-state index is 12.7. The van der Waals surface area contributed by atoms with Crippen molar-refractivity contribution in [3.63, 3.8) is 0 Å². The molecule has 3 rings (SSSR count). The second kappa shape index (κ2) is 5.04. The molecular formula is C17H16O3S. The second-order valence-corrected chi connectivity index (χ2v) is 6.25. The van der Waals surface area contributed by atoms with Crippen LogP contribution in [0.2, 0.25) is 0 Å². The van der Waals surface area contributed by atoms with Crippen LogP contribution in [0.3, 0.4) is 0 Å². The van der Waals surface area contributed by atoms with Crippen LogP contribution in [0.5, 0.6) is 11.5 Å². The molecular weight excluding hydrogens is 284 g/mol. The fourth-order valence-electron chi connectivity index (χ4n) is 2.41. The summed E-state index contributed by atoms with van der Waals surface area (Å²) in [6.45, 7) is 3.88. The molecule has 0 radical (unpaired) electrons. The van der Waals surface area contributed by atoms with E-state index in [1.165, 1.54) is 11.3 Å². The normalized spacial score (nSPS) is 15.7. The third-order valence-corrected chi connectivity index (χ3v) is 4.06. The fraction of sp³-hybridized carbons (Fsp3) is 0.235. The van der Waals surface area contributed by atoms with E-state index in [9.17, 15) is 4.79 Å². The SMILES string of the molecule is COc1ccc2c(c1)OC(C)(C)C=C2C(=O)c1ccsc1. The monoisotopic (exact) mass is 300 g/mol. The van der Waals surface area contributed by atoms with Gasteiger partial charge in [-0.25, -0.2) is 0 Å².